The van der Waals surface area contributed by atoms with Gasteiger partial charge >= 0.3 is 0 Å². The largest absolute Gasteiger partial charge is 0.497 e. The van der Waals surface area contributed by atoms with E-state index < -0.39 is 0 Å². The summed E-state index contributed by atoms with van der Waals surface area (Å²) in [5.74, 6) is 1.86. The molecule has 1 aliphatic heterocycles. The number of hydrogen-bond donors (Lipinski definition) is 1. The molecule has 0 bridgehead atoms. The molecule has 1 heterocycles. The Morgan fingerprint density at radius 2 is 1.85 bits per heavy atom. The summed E-state index contributed by atoms with van der Waals surface area (Å²) in [5, 5.41) is 8.13. The van der Waals surface area contributed by atoms with Crippen LogP contribution < -0.4 is 9.47 Å². The predicted molar refractivity (Wildman–Crippen MR) is 102 cm³/mol. The summed E-state index contributed by atoms with van der Waals surface area (Å²) in [6, 6.07) is 13.8. The highest BCUT2D eigenvalue weighted by Gasteiger charge is 2.38. The van der Waals surface area contributed by atoms with Crippen LogP contribution in [0, 0.1) is 5.41 Å². The molecule has 136 valence electrons. The van der Waals surface area contributed by atoms with Gasteiger partial charge < -0.3 is 14.4 Å². The average molecular weight is 352 g/mol. The zero-order chi connectivity index (χ0) is 18.9. The molecule has 0 aromatic heterocycles. The number of carbonyl (C=O) groups is 1. The summed E-state index contributed by atoms with van der Waals surface area (Å²) < 4.78 is 10.9. The van der Waals surface area contributed by atoms with Gasteiger partial charge in [0.1, 0.15) is 17.3 Å². The van der Waals surface area contributed by atoms with E-state index in [1.807, 2.05) is 43.3 Å². The van der Waals surface area contributed by atoms with Crippen LogP contribution in [0.2, 0.25) is 0 Å². The number of benzene rings is 2. The maximum atomic E-state index is 12.3. The van der Waals surface area contributed by atoms with E-state index in [1.165, 1.54) is 4.90 Å². The van der Waals surface area contributed by atoms with Crippen molar-refractivity contribution in [3.05, 3.63) is 48.0 Å². The standard InChI is InChI=1S/C21H24N2O3/c1-21(12-19(22)23(2)20(24)13-21)15-7-5-6-14(10-15)17-11-16(25-3)8-9-18(17)26-4/h5-11,22H,12-13H2,1-4H3/t21-/m0/s1. The molecule has 3 rings (SSSR count). The summed E-state index contributed by atoms with van der Waals surface area (Å²) >= 11 is 0. The van der Waals surface area contributed by atoms with Crippen molar-refractivity contribution < 1.29 is 14.3 Å². The van der Waals surface area contributed by atoms with Crippen LogP contribution >= 0.6 is 0 Å². The molecule has 1 amide bonds. The lowest BCUT2D eigenvalue weighted by Gasteiger charge is -2.38. The number of likely N-dealkylation sites (tertiary alicyclic amines) is 1. The minimum atomic E-state index is -0.386. The number of nitrogens with zero attached hydrogens (tertiary/aromatic N) is 1. The zero-order valence-electron chi connectivity index (χ0n) is 15.6. The monoisotopic (exact) mass is 352 g/mol. The van der Waals surface area contributed by atoms with E-state index in [9.17, 15) is 4.79 Å². The van der Waals surface area contributed by atoms with Gasteiger partial charge in [-0.2, -0.15) is 0 Å². The molecule has 0 saturated carbocycles. The second-order valence-electron chi connectivity index (χ2n) is 6.96. The topological polar surface area (TPSA) is 62.6 Å². The van der Waals surface area contributed by atoms with Crippen molar-refractivity contribution in [3.8, 4) is 22.6 Å². The van der Waals surface area contributed by atoms with Crippen molar-refractivity contribution in [2.24, 2.45) is 0 Å². The molecule has 1 atom stereocenters. The summed E-state index contributed by atoms with van der Waals surface area (Å²) in [5.41, 5.74) is 2.60. The van der Waals surface area contributed by atoms with E-state index in [0.717, 1.165) is 28.2 Å². The summed E-state index contributed by atoms with van der Waals surface area (Å²) in [7, 11) is 4.95. The fraction of sp³-hybridized carbons (Fsp3) is 0.333. The molecule has 5 nitrogen and oxygen atoms in total. The molecule has 1 fully saturated rings. The van der Waals surface area contributed by atoms with Gasteiger partial charge in [-0.1, -0.05) is 31.2 Å². The minimum Gasteiger partial charge on any atom is -0.497 e. The van der Waals surface area contributed by atoms with Gasteiger partial charge in [-0.15, -0.1) is 0 Å². The lowest BCUT2D eigenvalue weighted by atomic mass is 9.73. The second-order valence-corrected chi connectivity index (χ2v) is 6.96. The maximum absolute atomic E-state index is 12.3. The molecule has 0 aliphatic carbocycles. The lowest BCUT2D eigenvalue weighted by Crippen LogP contribution is -2.46. The van der Waals surface area contributed by atoms with E-state index in [-0.39, 0.29) is 11.3 Å². The fourth-order valence-electron chi connectivity index (χ4n) is 3.46. The summed E-state index contributed by atoms with van der Waals surface area (Å²) in [6.45, 7) is 2.05. The van der Waals surface area contributed by atoms with Gasteiger partial charge in [0.15, 0.2) is 0 Å². The van der Waals surface area contributed by atoms with Crippen LogP contribution in [0.4, 0.5) is 0 Å². The van der Waals surface area contributed by atoms with Crippen molar-refractivity contribution >= 4 is 11.7 Å². The molecule has 2 aromatic carbocycles. The van der Waals surface area contributed by atoms with E-state index in [1.54, 1.807) is 21.3 Å². The highest BCUT2D eigenvalue weighted by molar-refractivity contribution is 6.00. The number of hydrogen-bond acceptors (Lipinski definition) is 4. The van der Waals surface area contributed by atoms with Gasteiger partial charge in [0, 0.05) is 30.9 Å². The first kappa shape index (κ1) is 18.0. The van der Waals surface area contributed by atoms with Gasteiger partial charge in [-0.25, -0.2) is 0 Å². The SMILES string of the molecule is COc1ccc(OC)c(-c2cccc([C@@]3(C)CC(=N)N(C)C(=O)C3)c2)c1. The Kier molecular flexibility index (Phi) is 4.72. The van der Waals surface area contributed by atoms with Crippen molar-refractivity contribution in [2.45, 2.75) is 25.2 Å². The Balaban J connectivity index is 2.04. The molecule has 1 saturated heterocycles. The molecular formula is C21H24N2O3. The maximum Gasteiger partial charge on any atom is 0.228 e. The predicted octanol–water partition coefficient (Wildman–Crippen LogP) is 3.86. The van der Waals surface area contributed by atoms with Crippen LogP contribution in [0.5, 0.6) is 11.5 Å². The van der Waals surface area contributed by atoms with E-state index >= 15 is 0 Å². The van der Waals surface area contributed by atoms with Crippen LogP contribution in [0.1, 0.15) is 25.3 Å². The number of rotatable bonds is 4. The van der Waals surface area contributed by atoms with E-state index in [2.05, 4.69) is 6.07 Å². The number of ether oxygens (including phenoxy) is 2. The first-order valence-corrected chi connectivity index (χ1v) is 8.55. The highest BCUT2D eigenvalue weighted by atomic mass is 16.5. The van der Waals surface area contributed by atoms with Gasteiger partial charge in [-0.3, -0.25) is 10.2 Å². The van der Waals surface area contributed by atoms with Crippen LogP contribution in [0.25, 0.3) is 11.1 Å². The number of nitrogens with one attached hydrogen (secondary N) is 1. The molecule has 26 heavy (non-hydrogen) atoms. The van der Waals surface area contributed by atoms with Crippen LogP contribution in [-0.2, 0) is 10.2 Å². The number of methoxy groups -OCH3 is 2. The smallest absolute Gasteiger partial charge is 0.228 e. The van der Waals surface area contributed by atoms with Gasteiger partial charge in [-0.05, 0) is 29.3 Å². The van der Waals surface area contributed by atoms with Gasteiger partial charge in [0.05, 0.1) is 14.2 Å². The van der Waals surface area contributed by atoms with Gasteiger partial charge in [0.25, 0.3) is 0 Å². The molecular weight excluding hydrogens is 328 g/mol. The quantitative estimate of drug-likeness (QED) is 0.909. The molecule has 2 aromatic rings. The summed E-state index contributed by atoms with van der Waals surface area (Å²) in [6.07, 6.45) is 0.929. The zero-order valence-corrected chi connectivity index (χ0v) is 15.6. The Bertz CT molecular complexity index is 842. The number of amidine groups is 1. The minimum absolute atomic E-state index is 0.0203. The van der Waals surface area contributed by atoms with E-state index in [4.69, 9.17) is 14.9 Å². The van der Waals surface area contributed by atoms with Gasteiger partial charge in [0.2, 0.25) is 5.91 Å². The third kappa shape index (κ3) is 3.17. The van der Waals surface area contributed by atoms with Crippen molar-refractivity contribution in [3.63, 3.8) is 0 Å². The Morgan fingerprint density at radius 1 is 1.08 bits per heavy atom. The average Bonchev–Trinajstić information content (AvgIpc) is 2.65. The lowest BCUT2D eigenvalue weighted by molar-refractivity contribution is -0.128. The first-order valence-electron chi connectivity index (χ1n) is 8.55. The first-order chi connectivity index (χ1) is 12.4. The number of amides is 1. The van der Waals surface area contributed by atoms with Crippen molar-refractivity contribution in [1.82, 2.24) is 4.90 Å². The highest BCUT2D eigenvalue weighted by Crippen LogP contribution is 2.39. The third-order valence-electron chi connectivity index (χ3n) is 5.16. The Labute approximate surface area is 154 Å². The van der Waals surface area contributed by atoms with Crippen LogP contribution in [0.15, 0.2) is 42.5 Å². The number of carbonyl (C=O) groups excluding carboxylic acids is 1. The Hall–Kier alpha value is -2.82. The van der Waals surface area contributed by atoms with E-state index in [0.29, 0.717) is 18.7 Å². The molecule has 1 N–H and O–H groups in total. The van der Waals surface area contributed by atoms with Crippen molar-refractivity contribution in [1.29, 1.82) is 5.41 Å². The Morgan fingerprint density at radius 3 is 2.50 bits per heavy atom. The fourth-order valence-corrected chi connectivity index (χ4v) is 3.46. The van der Waals surface area contributed by atoms with Crippen LogP contribution in [0.3, 0.4) is 0 Å². The number of piperidine rings is 1. The molecule has 0 radical (unpaired) electrons. The summed E-state index contributed by atoms with van der Waals surface area (Å²) in [4.78, 5) is 13.7. The molecule has 0 unspecified atom stereocenters. The molecule has 0 spiro atoms. The van der Waals surface area contributed by atoms with Crippen LogP contribution in [-0.4, -0.2) is 37.9 Å². The molecule has 5 heteroatoms. The third-order valence-corrected chi connectivity index (χ3v) is 5.16. The normalized spacial score (nSPS) is 20.2. The second kappa shape index (κ2) is 6.83. The van der Waals surface area contributed by atoms with Crippen molar-refractivity contribution in [2.75, 3.05) is 21.3 Å². The molecule has 1 aliphatic rings.